The number of carbonyl (C=O) groups excluding carboxylic acids is 1. The molecule has 3 aromatic rings. The molecule has 0 saturated heterocycles. The van der Waals surface area contributed by atoms with Crippen LogP contribution in [0.2, 0.25) is 0 Å². The molecule has 0 aliphatic rings. The molecule has 0 bridgehead atoms. The molecule has 0 fully saturated rings. The standard InChI is InChI=1S/C18H17NO3/c1-12(2)22-17(20)11-19-15-9-5-3-7-13(15)18(21)14-8-4-6-10-16(14)19/h3-10,12H,11H2,1-2H3. The van der Waals surface area contributed by atoms with E-state index >= 15 is 0 Å². The lowest BCUT2D eigenvalue weighted by molar-refractivity contribution is -0.147. The summed E-state index contributed by atoms with van der Waals surface area (Å²) in [7, 11) is 0. The van der Waals surface area contributed by atoms with Crippen LogP contribution in [0.3, 0.4) is 0 Å². The third kappa shape index (κ3) is 2.48. The van der Waals surface area contributed by atoms with Gasteiger partial charge in [-0.15, -0.1) is 0 Å². The van der Waals surface area contributed by atoms with Gasteiger partial charge in [-0.05, 0) is 38.1 Å². The predicted molar refractivity (Wildman–Crippen MR) is 86.9 cm³/mol. The number of hydrogen-bond acceptors (Lipinski definition) is 3. The fraction of sp³-hybridized carbons (Fsp3) is 0.222. The minimum Gasteiger partial charge on any atom is -0.462 e. The van der Waals surface area contributed by atoms with Crippen molar-refractivity contribution < 1.29 is 9.53 Å². The van der Waals surface area contributed by atoms with Crippen molar-refractivity contribution in [1.29, 1.82) is 0 Å². The van der Waals surface area contributed by atoms with Crippen LogP contribution in [0.25, 0.3) is 21.8 Å². The summed E-state index contributed by atoms with van der Waals surface area (Å²) in [5.74, 6) is -0.311. The summed E-state index contributed by atoms with van der Waals surface area (Å²) in [6.45, 7) is 3.72. The molecule has 0 N–H and O–H groups in total. The van der Waals surface area contributed by atoms with E-state index in [1.54, 1.807) is 12.1 Å². The van der Waals surface area contributed by atoms with Gasteiger partial charge in [0.15, 0.2) is 5.43 Å². The molecule has 4 heteroatoms. The second-order valence-corrected chi connectivity index (χ2v) is 5.49. The highest BCUT2D eigenvalue weighted by atomic mass is 16.5. The monoisotopic (exact) mass is 295 g/mol. The second-order valence-electron chi connectivity index (χ2n) is 5.49. The van der Waals surface area contributed by atoms with Crippen molar-refractivity contribution in [1.82, 2.24) is 4.57 Å². The molecule has 0 spiro atoms. The second kappa shape index (κ2) is 5.64. The fourth-order valence-electron chi connectivity index (χ4n) is 2.68. The van der Waals surface area contributed by atoms with E-state index in [1.807, 2.05) is 54.8 Å². The zero-order chi connectivity index (χ0) is 15.7. The molecule has 1 aromatic heterocycles. The van der Waals surface area contributed by atoms with E-state index in [2.05, 4.69) is 0 Å². The van der Waals surface area contributed by atoms with E-state index in [4.69, 9.17) is 4.74 Å². The van der Waals surface area contributed by atoms with Gasteiger partial charge in [-0.1, -0.05) is 24.3 Å². The first-order valence-corrected chi connectivity index (χ1v) is 7.27. The minimum atomic E-state index is -0.311. The first kappa shape index (κ1) is 14.3. The topological polar surface area (TPSA) is 48.3 Å². The van der Waals surface area contributed by atoms with Gasteiger partial charge in [0.2, 0.25) is 0 Å². The fourth-order valence-corrected chi connectivity index (χ4v) is 2.68. The summed E-state index contributed by atoms with van der Waals surface area (Å²) in [5, 5.41) is 1.22. The van der Waals surface area contributed by atoms with Crippen LogP contribution in [-0.2, 0) is 16.1 Å². The summed E-state index contributed by atoms with van der Waals surface area (Å²) >= 11 is 0. The number of nitrogens with zero attached hydrogens (tertiary/aromatic N) is 1. The van der Waals surface area contributed by atoms with E-state index in [0.717, 1.165) is 11.0 Å². The van der Waals surface area contributed by atoms with Crippen LogP contribution in [0.5, 0.6) is 0 Å². The van der Waals surface area contributed by atoms with Gasteiger partial charge >= 0.3 is 5.97 Å². The quantitative estimate of drug-likeness (QED) is 0.551. The Hall–Kier alpha value is -2.62. The van der Waals surface area contributed by atoms with Crippen molar-refractivity contribution in [3.05, 3.63) is 58.8 Å². The molecular formula is C18H17NO3. The highest BCUT2D eigenvalue weighted by Crippen LogP contribution is 2.19. The first-order chi connectivity index (χ1) is 10.6. The van der Waals surface area contributed by atoms with E-state index < -0.39 is 0 Å². The highest BCUT2D eigenvalue weighted by Gasteiger charge is 2.13. The molecule has 0 saturated carbocycles. The lowest BCUT2D eigenvalue weighted by atomic mass is 10.1. The third-order valence-electron chi connectivity index (χ3n) is 3.53. The maximum absolute atomic E-state index is 12.6. The van der Waals surface area contributed by atoms with Gasteiger partial charge in [0.05, 0.1) is 17.1 Å². The molecular weight excluding hydrogens is 278 g/mol. The number of fused-ring (bicyclic) bond motifs is 2. The highest BCUT2D eigenvalue weighted by molar-refractivity contribution is 5.94. The Balaban J connectivity index is 2.27. The maximum Gasteiger partial charge on any atom is 0.326 e. The van der Waals surface area contributed by atoms with Gasteiger partial charge in [0.25, 0.3) is 0 Å². The number of rotatable bonds is 3. The van der Waals surface area contributed by atoms with E-state index in [-0.39, 0.29) is 24.0 Å². The summed E-state index contributed by atoms with van der Waals surface area (Å²) in [4.78, 5) is 24.6. The first-order valence-electron chi connectivity index (χ1n) is 7.27. The normalized spacial score (nSPS) is 11.2. The molecule has 4 nitrogen and oxygen atoms in total. The number of hydrogen-bond donors (Lipinski definition) is 0. The Morgan fingerprint density at radius 3 is 2.00 bits per heavy atom. The van der Waals surface area contributed by atoms with E-state index in [1.165, 1.54) is 0 Å². The van der Waals surface area contributed by atoms with Crippen LogP contribution < -0.4 is 5.43 Å². The zero-order valence-electron chi connectivity index (χ0n) is 12.6. The van der Waals surface area contributed by atoms with Crippen molar-refractivity contribution in [2.75, 3.05) is 0 Å². The smallest absolute Gasteiger partial charge is 0.326 e. The van der Waals surface area contributed by atoms with Crippen molar-refractivity contribution in [2.24, 2.45) is 0 Å². The predicted octanol–water partition coefficient (Wildman–Crippen LogP) is 3.11. The van der Waals surface area contributed by atoms with Gasteiger partial charge in [-0.3, -0.25) is 9.59 Å². The Kier molecular flexibility index (Phi) is 3.67. The summed E-state index contributed by atoms with van der Waals surface area (Å²) < 4.78 is 7.09. The lowest BCUT2D eigenvalue weighted by Gasteiger charge is -2.15. The third-order valence-corrected chi connectivity index (χ3v) is 3.53. The summed E-state index contributed by atoms with van der Waals surface area (Å²) in [6, 6.07) is 14.7. The Labute approximate surface area is 127 Å². The molecule has 112 valence electrons. The molecule has 3 rings (SSSR count). The number of ether oxygens (including phenoxy) is 1. The number of aromatic nitrogens is 1. The number of pyridine rings is 1. The molecule has 1 heterocycles. The summed E-state index contributed by atoms with van der Waals surface area (Å²) in [5.41, 5.74) is 1.47. The van der Waals surface area contributed by atoms with Crippen LogP contribution in [0.4, 0.5) is 0 Å². The average Bonchev–Trinajstić information content (AvgIpc) is 2.51. The van der Waals surface area contributed by atoms with Crippen molar-refractivity contribution in [3.8, 4) is 0 Å². The van der Waals surface area contributed by atoms with Crippen LogP contribution in [-0.4, -0.2) is 16.6 Å². The largest absolute Gasteiger partial charge is 0.462 e. The molecule has 0 atom stereocenters. The molecule has 0 aliphatic heterocycles. The number of esters is 1. The Bertz CT molecular complexity index is 849. The number of carbonyl (C=O) groups is 1. The van der Waals surface area contributed by atoms with Gasteiger partial charge in [0, 0.05) is 10.8 Å². The lowest BCUT2D eigenvalue weighted by Crippen LogP contribution is -2.20. The Morgan fingerprint density at radius 1 is 1.00 bits per heavy atom. The van der Waals surface area contributed by atoms with Crippen molar-refractivity contribution in [2.45, 2.75) is 26.5 Å². The Morgan fingerprint density at radius 2 is 1.50 bits per heavy atom. The van der Waals surface area contributed by atoms with Gasteiger partial charge in [0.1, 0.15) is 6.54 Å². The zero-order valence-corrected chi connectivity index (χ0v) is 12.6. The van der Waals surface area contributed by atoms with Crippen LogP contribution in [0.1, 0.15) is 13.8 Å². The van der Waals surface area contributed by atoms with E-state index in [9.17, 15) is 9.59 Å². The molecule has 22 heavy (non-hydrogen) atoms. The number of para-hydroxylation sites is 2. The SMILES string of the molecule is CC(C)OC(=O)Cn1c2ccccc2c(=O)c2ccccc21. The maximum atomic E-state index is 12.6. The van der Waals surface area contributed by atoms with Crippen molar-refractivity contribution >= 4 is 27.8 Å². The minimum absolute atomic E-state index is 0.0142. The average molecular weight is 295 g/mol. The van der Waals surface area contributed by atoms with Crippen LogP contribution in [0.15, 0.2) is 53.3 Å². The number of benzene rings is 2. The van der Waals surface area contributed by atoms with E-state index in [0.29, 0.717) is 10.8 Å². The molecule has 0 aliphatic carbocycles. The van der Waals surface area contributed by atoms with Crippen LogP contribution >= 0.6 is 0 Å². The molecule has 0 unspecified atom stereocenters. The van der Waals surface area contributed by atoms with Crippen molar-refractivity contribution in [3.63, 3.8) is 0 Å². The van der Waals surface area contributed by atoms with Gasteiger partial charge in [-0.2, -0.15) is 0 Å². The van der Waals surface area contributed by atoms with Gasteiger partial charge in [-0.25, -0.2) is 0 Å². The molecule has 2 aromatic carbocycles. The molecule has 0 radical (unpaired) electrons. The summed E-state index contributed by atoms with van der Waals surface area (Å²) in [6.07, 6.45) is -0.163. The van der Waals surface area contributed by atoms with Crippen LogP contribution in [0, 0.1) is 0 Å². The van der Waals surface area contributed by atoms with Gasteiger partial charge < -0.3 is 9.30 Å². The molecule has 0 amide bonds.